The topological polar surface area (TPSA) is 42.0 Å². The average molecular weight is 292 g/mol. The molecule has 0 aromatic heterocycles. The highest BCUT2D eigenvalue weighted by atomic mass is 16.7. The molecule has 5 heteroatoms. The maximum Gasteiger partial charge on any atom is 0.244 e. The van der Waals surface area contributed by atoms with Gasteiger partial charge in [-0.25, -0.2) is 0 Å². The largest absolute Gasteiger partial charge is 0.355 e. The molecular weight excluding hydrogens is 268 g/mol. The minimum Gasteiger partial charge on any atom is -0.355 e. The third-order valence-electron chi connectivity index (χ3n) is 3.97. The van der Waals surface area contributed by atoms with Crippen LogP contribution in [0.2, 0.25) is 0 Å². The van der Waals surface area contributed by atoms with E-state index in [-0.39, 0.29) is 18.2 Å². The van der Waals surface area contributed by atoms with Crippen molar-refractivity contribution in [3.8, 4) is 0 Å². The molecule has 1 fully saturated rings. The first-order valence-electron chi connectivity index (χ1n) is 7.29. The number of likely N-dealkylation sites (N-methyl/N-ethyl adjacent to an activating group) is 1. The SMILES string of the molecule is COC(CN(C)[C@H]1CCCN(c2ccccc2)C1=O)OC. The number of methoxy groups -OCH3 is 2. The molecular formula is C16H24N2O3. The molecule has 0 aliphatic carbocycles. The van der Waals surface area contributed by atoms with Gasteiger partial charge in [-0.2, -0.15) is 0 Å². The summed E-state index contributed by atoms with van der Waals surface area (Å²) in [5.41, 5.74) is 0.968. The zero-order valence-corrected chi connectivity index (χ0v) is 13.0. The molecule has 2 rings (SSSR count). The van der Waals surface area contributed by atoms with E-state index >= 15 is 0 Å². The van der Waals surface area contributed by atoms with Gasteiger partial charge in [-0.1, -0.05) is 18.2 Å². The van der Waals surface area contributed by atoms with Crippen molar-refractivity contribution in [3.05, 3.63) is 30.3 Å². The fourth-order valence-electron chi connectivity index (χ4n) is 2.74. The van der Waals surface area contributed by atoms with Gasteiger partial charge in [-0.05, 0) is 32.0 Å². The number of nitrogens with zero attached hydrogens (tertiary/aromatic N) is 2. The van der Waals surface area contributed by atoms with Crippen LogP contribution in [0.5, 0.6) is 0 Å². The Morgan fingerprint density at radius 3 is 2.57 bits per heavy atom. The quantitative estimate of drug-likeness (QED) is 0.749. The molecule has 0 bridgehead atoms. The third-order valence-corrected chi connectivity index (χ3v) is 3.97. The Morgan fingerprint density at radius 2 is 1.95 bits per heavy atom. The van der Waals surface area contributed by atoms with Gasteiger partial charge < -0.3 is 14.4 Å². The molecule has 1 heterocycles. The number of ether oxygens (including phenoxy) is 2. The molecule has 1 aromatic carbocycles. The normalized spacial score (nSPS) is 19.6. The maximum absolute atomic E-state index is 12.7. The fraction of sp³-hybridized carbons (Fsp3) is 0.562. The standard InChI is InChI=1S/C16H24N2O3/c1-17(12-15(20-2)21-3)14-10-7-11-18(16(14)19)13-8-5-4-6-9-13/h4-6,8-9,14-15H,7,10-12H2,1-3H3/t14-/m0/s1. The van der Waals surface area contributed by atoms with Crippen molar-refractivity contribution in [1.82, 2.24) is 4.90 Å². The van der Waals surface area contributed by atoms with Crippen molar-refractivity contribution in [3.63, 3.8) is 0 Å². The second kappa shape index (κ2) is 7.54. The van der Waals surface area contributed by atoms with E-state index in [1.54, 1.807) is 14.2 Å². The number of rotatable bonds is 6. The number of benzene rings is 1. The van der Waals surface area contributed by atoms with E-state index in [9.17, 15) is 4.79 Å². The monoisotopic (exact) mass is 292 g/mol. The summed E-state index contributed by atoms with van der Waals surface area (Å²) >= 11 is 0. The van der Waals surface area contributed by atoms with E-state index in [2.05, 4.69) is 0 Å². The molecule has 1 aliphatic heterocycles. The molecule has 0 unspecified atom stereocenters. The van der Waals surface area contributed by atoms with Crippen molar-refractivity contribution < 1.29 is 14.3 Å². The Balaban J connectivity index is 2.06. The lowest BCUT2D eigenvalue weighted by Gasteiger charge is -2.37. The summed E-state index contributed by atoms with van der Waals surface area (Å²) < 4.78 is 10.4. The molecule has 0 N–H and O–H groups in total. The Hall–Kier alpha value is -1.43. The first-order chi connectivity index (χ1) is 10.2. The van der Waals surface area contributed by atoms with Crippen LogP contribution >= 0.6 is 0 Å². The van der Waals surface area contributed by atoms with Gasteiger partial charge in [0.2, 0.25) is 5.91 Å². The van der Waals surface area contributed by atoms with Gasteiger partial charge in [0, 0.05) is 33.0 Å². The lowest BCUT2D eigenvalue weighted by Crippen LogP contribution is -2.53. The summed E-state index contributed by atoms with van der Waals surface area (Å²) in [4.78, 5) is 16.6. The van der Waals surface area contributed by atoms with Crippen molar-refractivity contribution in [1.29, 1.82) is 0 Å². The van der Waals surface area contributed by atoms with Crippen LogP contribution in [0.25, 0.3) is 0 Å². The second-order valence-corrected chi connectivity index (χ2v) is 5.32. The number of para-hydroxylation sites is 1. The van der Waals surface area contributed by atoms with Crippen LogP contribution in [0, 0.1) is 0 Å². The number of anilines is 1. The minimum absolute atomic E-state index is 0.119. The highest BCUT2D eigenvalue weighted by molar-refractivity contribution is 5.97. The summed E-state index contributed by atoms with van der Waals surface area (Å²) in [6.45, 7) is 1.36. The van der Waals surface area contributed by atoms with E-state index in [0.717, 1.165) is 25.1 Å². The van der Waals surface area contributed by atoms with Gasteiger partial charge in [0.05, 0.1) is 6.04 Å². The first-order valence-corrected chi connectivity index (χ1v) is 7.29. The van der Waals surface area contributed by atoms with Gasteiger partial charge >= 0.3 is 0 Å². The van der Waals surface area contributed by atoms with E-state index < -0.39 is 0 Å². The zero-order valence-electron chi connectivity index (χ0n) is 13.0. The Bertz CT molecular complexity index is 448. The number of carbonyl (C=O) groups is 1. The molecule has 0 spiro atoms. The van der Waals surface area contributed by atoms with Crippen LogP contribution in [0.15, 0.2) is 30.3 Å². The number of hydrogen-bond donors (Lipinski definition) is 0. The third kappa shape index (κ3) is 3.81. The molecule has 1 amide bonds. The van der Waals surface area contributed by atoms with Gasteiger partial charge in [-0.15, -0.1) is 0 Å². The second-order valence-electron chi connectivity index (χ2n) is 5.32. The molecule has 0 radical (unpaired) electrons. The van der Waals surface area contributed by atoms with E-state index in [4.69, 9.17) is 9.47 Å². The zero-order chi connectivity index (χ0) is 15.2. The van der Waals surface area contributed by atoms with Gasteiger partial charge in [0.25, 0.3) is 0 Å². The van der Waals surface area contributed by atoms with Crippen LogP contribution in [0.1, 0.15) is 12.8 Å². The lowest BCUT2D eigenvalue weighted by atomic mass is 10.0. The smallest absolute Gasteiger partial charge is 0.244 e. The predicted octanol–water partition coefficient (Wildman–Crippen LogP) is 1.73. The fourth-order valence-corrected chi connectivity index (χ4v) is 2.74. The van der Waals surface area contributed by atoms with Crippen molar-refractivity contribution in [2.75, 3.05) is 39.3 Å². The van der Waals surface area contributed by atoms with E-state index in [0.29, 0.717) is 6.54 Å². The summed E-state index contributed by atoms with van der Waals surface area (Å²) in [6.07, 6.45) is 1.56. The molecule has 0 saturated carbocycles. The van der Waals surface area contributed by atoms with Crippen LogP contribution in [-0.4, -0.2) is 57.5 Å². The maximum atomic E-state index is 12.7. The number of carbonyl (C=O) groups excluding carboxylic acids is 1. The summed E-state index contributed by atoms with van der Waals surface area (Å²) in [5.74, 6) is 0.154. The predicted molar refractivity (Wildman–Crippen MR) is 82.3 cm³/mol. The Kier molecular flexibility index (Phi) is 5.73. The highest BCUT2D eigenvalue weighted by Gasteiger charge is 2.33. The van der Waals surface area contributed by atoms with Crippen LogP contribution in [0.4, 0.5) is 5.69 Å². The molecule has 21 heavy (non-hydrogen) atoms. The molecule has 1 aromatic rings. The molecule has 5 nitrogen and oxygen atoms in total. The molecule has 1 aliphatic rings. The van der Waals surface area contributed by atoms with Crippen molar-refractivity contribution in [2.45, 2.75) is 25.2 Å². The summed E-state index contributed by atoms with van der Waals surface area (Å²) in [7, 11) is 5.17. The molecule has 1 atom stereocenters. The van der Waals surface area contributed by atoms with Crippen LogP contribution in [0.3, 0.4) is 0 Å². The van der Waals surface area contributed by atoms with E-state index in [1.807, 2.05) is 47.2 Å². The van der Waals surface area contributed by atoms with Gasteiger partial charge in [0.15, 0.2) is 6.29 Å². The number of hydrogen-bond acceptors (Lipinski definition) is 4. The highest BCUT2D eigenvalue weighted by Crippen LogP contribution is 2.23. The average Bonchev–Trinajstić information content (AvgIpc) is 2.53. The number of amides is 1. The van der Waals surface area contributed by atoms with Gasteiger partial charge in [-0.3, -0.25) is 9.69 Å². The Labute approximate surface area is 126 Å². The van der Waals surface area contributed by atoms with E-state index in [1.165, 1.54) is 0 Å². The van der Waals surface area contributed by atoms with Crippen molar-refractivity contribution >= 4 is 11.6 Å². The Morgan fingerprint density at radius 1 is 1.29 bits per heavy atom. The number of piperidine rings is 1. The first kappa shape index (κ1) is 15.9. The summed E-state index contributed by atoms with van der Waals surface area (Å²) in [5, 5.41) is 0. The van der Waals surface area contributed by atoms with Crippen molar-refractivity contribution in [2.24, 2.45) is 0 Å². The van der Waals surface area contributed by atoms with Gasteiger partial charge in [0.1, 0.15) is 0 Å². The lowest BCUT2D eigenvalue weighted by molar-refractivity contribution is -0.133. The molecule has 1 saturated heterocycles. The van der Waals surface area contributed by atoms with Crippen LogP contribution in [-0.2, 0) is 14.3 Å². The minimum atomic E-state index is -0.310. The summed E-state index contributed by atoms with van der Waals surface area (Å²) in [6, 6.07) is 9.72. The van der Waals surface area contributed by atoms with Crippen LogP contribution < -0.4 is 4.90 Å². The molecule has 116 valence electrons.